The highest BCUT2D eigenvalue weighted by atomic mass is 16.5. The van der Waals surface area contributed by atoms with E-state index >= 15 is 0 Å². The number of carbonyl (C=O) groups excluding carboxylic acids is 2. The summed E-state index contributed by atoms with van der Waals surface area (Å²) in [5.41, 5.74) is 0.942. The van der Waals surface area contributed by atoms with E-state index in [4.69, 9.17) is 14.2 Å². The third-order valence-electron chi connectivity index (χ3n) is 4.17. The molecular formula is C20H25N3O5. The van der Waals surface area contributed by atoms with Crippen LogP contribution in [0.25, 0.3) is 0 Å². The van der Waals surface area contributed by atoms with Crippen molar-refractivity contribution in [3.05, 3.63) is 41.7 Å². The van der Waals surface area contributed by atoms with Gasteiger partial charge >= 0.3 is 0 Å². The first kappa shape index (κ1) is 21.0. The Balaban J connectivity index is 2.24. The fourth-order valence-corrected chi connectivity index (χ4v) is 2.45. The lowest BCUT2D eigenvalue weighted by atomic mass is 10.2. The molecule has 0 aliphatic heterocycles. The fraction of sp³-hybridized carbons (Fsp3) is 0.350. The largest absolute Gasteiger partial charge is 0.493 e. The maximum Gasteiger partial charge on any atom is 0.270 e. The molecule has 1 aromatic carbocycles. The number of aromatic nitrogens is 1. The Bertz CT molecular complexity index is 828. The maximum atomic E-state index is 12.6. The lowest BCUT2D eigenvalue weighted by molar-refractivity contribution is 0.0934. The maximum absolute atomic E-state index is 12.6. The van der Waals surface area contributed by atoms with Crippen molar-refractivity contribution in [3.63, 3.8) is 0 Å². The number of rotatable bonds is 8. The van der Waals surface area contributed by atoms with Gasteiger partial charge in [0.15, 0.2) is 11.5 Å². The van der Waals surface area contributed by atoms with Crippen molar-refractivity contribution in [1.29, 1.82) is 0 Å². The molecule has 8 nitrogen and oxygen atoms in total. The molecular weight excluding hydrogens is 362 g/mol. The zero-order valence-electron chi connectivity index (χ0n) is 16.7. The molecule has 0 radical (unpaired) electrons. The first-order chi connectivity index (χ1) is 13.4. The lowest BCUT2D eigenvalue weighted by Crippen LogP contribution is -2.32. The molecule has 1 heterocycles. The topological polar surface area (TPSA) is 98.8 Å². The molecule has 0 bridgehead atoms. The molecule has 0 aliphatic rings. The second-order valence-corrected chi connectivity index (χ2v) is 6.08. The molecule has 0 saturated carbocycles. The molecule has 2 rings (SSSR count). The van der Waals surface area contributed by atoms with E-state index in [0.717, 1.165) is 6.42 Å². The van der Waals surface area contributed by atoms with Crippen LogP contribution in [-0.4, -0.2) is 44.2 Å². The van der Waals surface area contributed by atoms with E-state index < -0.39 is 5.91 Å². The molecule has 1 aromatic heterocycles. The molecule has 0 aliphatic carbocycles. The molecule has 1 atom stereocenters. The van der Waals surface area contributed by atoms with Gasteiger partial charge in [-0.2, -0.15) is 0 Å². The number of carbonyl (C=O) groups is 2. The average molecular weight is 387 g/mol. The highest BCUT2D eigenvalue weighted by Gasteiger charge is 2.17. The van der Waals surface area contributed by atoms with Gasteiger partial charge in [-0.3, -0.25) is 14.6 Å². The standard InChI is InChI=1S/C20H25N3O5/c1-6-12(2)22-20(25)15-9-13(7-8-21-15)19(24)23-14-10-16(26-3)18(28-5)17(11-14)27-4/h7-12H,6H2,1-5H3,(H,22,25)(H,23,24). The van der Waals surface area contributed by atoms with Crippen molar-refractivity contribution >= 4 is 17.5 Å². The Morgan fingerprint density at radius 1 is 1.04 bits per heavy atom. The van der Waals surface area contributed by atoms with E-state index in [9.17, 15) is 9.59 Å². The van der Waals surface area contributed by atoms with Gasteiger partial charge in [0.25, 0.3) is 11.8 Å². The first-order valence-corrected chi connectivity index (χ1v) is 8.81. The molecule has 8 heteroatoms. The minimum Gasteiger partial charge on any atom is -0.493 e. The normalized spacial score (nSPS) is 11.3. The highest BCUT2D eigenvalue weighted by molar-refractivity contribution is 6.06. The van der Waals surface area contributed by atoms with Crippen LogP contribution in [0.4, 0.5) is 5.69 Å². The Kier molecular flexibility index (Phi) is 7.20. The van der Waals surface area contributed by atoms with Crippen LogP contribution >= 0.6 is 0 Å². The molecule has 0 spiro atoms. The molecule has 2 amide bonds. The second-order valence-electron chi connectivity index (χ2n) is 6.08. The van der Waals surface area contributed by atoms with Crippen molar-refractivity contribution < 1.29 is 23.8 Å². The first-order valence-electron chi connectivity index (χ1n) is 8.81. The van der Waals surface area contributed by atoms with Gasteiger partial charge in [-0.25, -0.2) is 0 Å². The van der Waals surface area contributed by atoms with Gasteiger partial charge in [-0.1, -0.05) is 6.92 Å². The minimum absolute atomic E-state index is 0.0195. The van der Waals surface area contributed by atoms with Gasteiger partial charge < -0.3 is 24.8 Å². The summed E-state index contributed by atoms with van der Waals surface area (Å²) in [5, 5.41) is 5.59. The monoisotopic (exact) mass is 387 g/mol. The Morgan fingerprint density at radius 3 is 2.21 bits per heavy atom. The summed E-state index contributed by atoms with van der Waals surface area (Å²) < 4.78 is 15.8. The third-order valence-corrected chi connectivity index (χ3v) is 4.17. The Morgan fingerprint density at radius 2 is 1.68 bits per heavy atom. The van der Waals surface area contributed by atoms with Crippen LogP contribution in [0, 0.1) is 0 Å². The number of amides is 2. The number of hydrogen-bond donors (Lipinski definition) is 2. The van der Waals surface area contributed by atoms with Crippen molar-refractivity contribution in [2.24, 2.45) is 0 Å². The summed E-state index contributed by atoms with van der Waals surface area (Å²) in [6.07, 6.45) is 2.22. The number of nitrogens with one attached hydrogen (secondary N) is 2. The quantitative estimate of drug-likeness (QED) is 0.723. The summed E-state index contributed by atoms with van der Waals surface area (Å²) in [4.78, 5) is 28.9. The van der Waals surface area contributed by atoms with Crippen LogP contribution in [0.3, 0.4) is 0 Å². The number of hydrogen-bond acceptors (Lipinski definition) is 6. The van der Waals surface area contributed by atoms with Gasteiger partial charge in [0.1, 0.15) is 5.69 Å². The van der Waals surface area contributed by atoms with Crippen LogP contribution in [0.2, 0.25) is 0 Å². The van der Waals surface area contributed by atoms with Crippen molar-refractivity contribution in [3.8, 4) is 17.2 Å². The zero-order valence-corrected chi connectivity index (χ0v) is 16.7. The van der Waals surface area contributed by atoms with Crippen LogP contribution in [0.15, 0.2) is 30.5 Å². The average Bonchev–Trinajstić information content (AvgIpc) is 2.72. The fourth-order valence-electron chi connectivity index (χ4n) is 2.45. The van der Waals surface area contributed by atoms with Gasteiger partial charge in [-0.05, 0) is 25.5 Å². The predicted molar refractivity (Wildman–Crippen MR) is 106 cm³/mol. The predicted octanol–water partition coefficient (Wildman–Crippen LogP) is 2.89. The van der Waals surface area contributed by atoms with Gasteiger partial charge in [-0.15, -0.1) is 0 Å². The summed E-state index contributed by atoms with van der Waals surface area (Å²) in [7, 11) is 4.49. The molecule has 2 aromatic rings. The van der Waals surface area contributed by atoms with E-state index in [1.165, 1.54) is 39.7 Å². The molecule has 1 unspecified atom stereocenters. The number of pyridine rings is 1. The van der Waals surface area contributed by atoms with Crippen LogP contribution in [0.1, 0.15) is 41.1 Å². The highest BCUT2D eigenvalue weighted by Crippen LogP contribution is 2.40. The van der Waals surface area contributed by atoms with Crippen molar-refractivity contribution in [1.82, 2.24) is 10.3 Å². The van der Waals surface area contributed by atoms with Crippen LogP contribution in [-0.2, 0) is 0 Å². The van der Waals surface area contributed by atoms with Gasteiger partial charge in [0.05, 0.1) is 21.3 Å². The van der Waals surface area contributed by atoms with Crippen molar-refractivity contribution in [2.75, 3.05) is 26.6 Å². The van der Waals surface area contributed by atoms with Crippen LogP contribution < -0.4 is 24.8 Å². The summed E-state index contributed by atoms with van der Waals surface area (Å²) in [6.45, 7) is 3.87. The molecule has 2 N–H and O–H groups in total. The smallest absolute Gasteiger partial charge is 0.270 e. The molecule has 28 heavy (non-hydrogen) atoms. The SMILES string of the molecule is CCC(C)NC(=O)c1cc(C(=O)Nc2cc(OC)c(OC)c(OC)c2)ccn1. The number of anilines is 1. The number of nitrogens with zero attached hydrogens (tertiary/aromatic N) is 1. The van der Waals surface area contributed by atoms with E-state index in [0.29, 0.717) is 28.5 Å². The Hall–Kier alpha value is -3.29. The number of benzene rings is 1. The summed E-state index contributed by atoms with van der Waals surface area (Å²) in [6, 6.07) is 6.25. The van der Waals surface area contributed by atoms with E-state index in [2.05, 4.69) is 15.6 Å². The Labute approximate surface area is 164 Å². The van der Waals surface area contributed by atoms with E-state index in [1.807, 2.05) is 13.8 Å². The number of methoxy groups -OCH3 is 3. The zero-order chi connectivity index (χ0) is 20.7. The molecule has 150 valence electrons. The van der Waals surface area contributed by atoms with Crippen LogP contribution in [0.5, 0.6) is 17.2 Å². The minimum atomic E-state index is -0.394. The third kappa shape index (κ3) is 4.91. The van der Waals surface area contributed by atoms with Crippen molar-refractivity contribution in [2.45, 2.75) is 26.3 Å². The lowest BCUT2D eigenvalue weighted by Gasteiger charge is -2.15. The van der Waals surface area contributed by atoms with Gasteiger partial charge in [0, 0.05) is 35.6 Å². The van der Waals surface area contributed by atoms with Gasteiger partial charge in [0.2, 0.25) is 5.75 Å². The number of ether oxygens (including phenoxy) is 3. The van der Waals surface area contributed by atoms with E-state index in [1.54, 1.807) is 12.1 Å². The van der Waals surface area contributed by atoms with E-state index in [-0.39, 0.29) is 17.6 Å². The molecule has 0 fully saturated rings. The summed E-state index contributed by atoms with van der Waals surface area (Å²) >= 11 is 0. The second kappa shape index (κ2) is 9.59. The summed E-state index contributed by atoms with van der Waals surface area (Å²) in [5.74, 6) is 0.544. The molecule has 0 saturated heterocycles.